The normalized spacial score (nSPS) is 10.7. The van der Waals surface area contributed by atoms with E-state index in [-0.39, 0.29) is 10.6 Å². The second kappa shape index (κ2) is 5.60. The van der Waals surface area contributed by atoms with Gasteiger partial charge in [0.15, 0.2) is 0 Å². The first-order valence-corrected chi connectivity index (χ1v) is 5.47. The molecule has 0 unspecified atom stereocenters. The molecule has 0 atom stereocenters. The minimum atomic E-state index is -0.367. The molecule has 0 fully saturated rings. The summed E-state index contributed by atoms with van der Waals surface area (Å²) in [5, 5.41) is 18.2. The Balaban J connectivity index is 2.67. The largest absolute Gasteiger partial charge is 0.315 e. The lowest BCUT2D eigenvalue weighted by atomic mass is 10.3. The molecule has 1 aromatic heterocycles. The van der Waals surface area contributed by atoms with Gasteiger partial charge in [-0.3, -0.25) is 14.8 Å². The monoisotopic (exact) mass is 226 g/mol. The number of aryl methyl sites for hydroxylation is 1. The van der Waals surface area contributed by atoms with Gasteiger partial charge in [0.05, 0.1) is 11.5 Å². The molecular formula is C10H18N4O2. The second-order valence-corrected chi connectivity index (χ2v) is 3.75. The summed E-state index contributed by atoms with van der Waals surface area (Å²) in [6.07, 6.45) is 1.08. The lowest BCUT2D eigenvalue weighted by Gasteiger charge is -2.04. The smallest absolute Gasteiger partial charge is 0.312 e. The van der Waals surface area contributed by atoms with Crippen molar-refractivity contribution in [1.82, 2.24) is 15.1 Å². The van der Waals surface area contributed by atoms with Crippen molar-refractivity contribution in [2.75, 3.05) is 13.1 Å². The summed E-state index contributed by atoms with van der Waals surface area (Å²) in [7, 11) is 0. The molecule has 0 spiro atoms. The van der Waals surface area contributed by atoms with Crippen molar-refractivity contribution in [2.24, 2.45) is 0 Å². The molecule has 6 nitrogen and oxygen atoms in total. The Morgan fingerprint density at radius 3 is 2.62 bits per heavy atom. The van der Waals surface area contributed by atoms with Gasteiger partial charge in [-0.1, -0.05) is 6.92 Å². The van der Waals surface area contributed by atoms with Crippen molar-refractivity contribution < 1.29 is 4.92 Å². The van der Waals surface area contributed by atoms with Gasteiger partial charge < -0.3 is 5.32 Å². The third-order valence-corrected chi connectivity index (χ3v) is 2.45. The van der Waals surface area contributed by atoms with E-state index in [2.05, 4.69) is 17.3 Å². The van der Waals surface area contributed by atoms with Crippen LogP contribution in [0.5, 0.6) is 0 Å². The van der Waals surface area contributed by atoms with Crippen LogP contribution in [0.2, 0.25) is 0 Å². The van der Waals surface area contributed by atoms with Gasteiger partial charge in [0, 0.05) is 6.54 Å². The Bertz CT molecular complexity index is 373. The van der Waals surface area contributed by atoms with Gasteiger partial charge in [0.1, 0.15) is 11.4 Å². The van der Waals surface area contributed by atoms with Crippen LogP contribution in [0.25, 0.3) is 0 Å². The Morgan fingerprint density at radius 2 is 2.12 bits per heavy atom. The first-order chi connectivity index (χ1) is 7.57. The van der Waals surface area contributed by atoms with Gasteiger partial charge in [0.2, 0.25) is 0 Å². The molecule has 0 amide bonds. The molecule has 6 heteroatoms. The Labute approximate surface area is 94.8 Å². The van der Waals surface area contributed by atoms with E-state index in [1.807, 2.05) is 0 Å². The van der Waals surface area contributed by atoms with Crippen molar-refractivity contribution in [1.29, 1.82) is 0 Å². The van der Waals surface area contributed by atoms with Crippen LogP contribution in [-0.2, 0) is 6.54 Å². The van der Waals surface area contributed by atoms with Crippen LogP contribution in [-0.4, -0.2) is 27.8 Å². The topological polar surface area (TPSA) is 73.0 Å². The lowest BCUT2D eigenvalue weighted by molar-refractivity contribution is -0.386. The number of nitrogens with one attached hydrogen (secondary N) is 1. The fraction of sp³-hybridized carbons (Fsp3) is 0.700. The first kappa shape index (κ1) is 12.6. The summed E-state index contributed by atoms with van der Waals surface area (Å²) in [6.45, 7) is 7.91. The van der Waals surface area contributed by atoms with Crippen LogP contribution in [0.4, 0.5) is 5.69 Å². The van der Waals surface area contributed by atoms with E-state index in [4.69, 9.17) is 0 Å². The predicted molar refractivity (Wildman–Crippen MR) is 61.5 cm³/mol. The SMILES string of the molecule is CCCNCCn1nc(C)c([N+](=O)[O-])c1C. The minimum Gasteiger partial charge on any atom is -0.315 e. The zero-order valence-corrected chi connectivity index (χ0v) is 9.99. The molecular weight excluding hydrogens is 208 g/mol. The molecule has 0 aliphatic rings. The summed E-state index contributed by atoms with van der Waals surface area (Å²) in [6, 6.07) is 0. The molecule has 0 saturated heterocycles. The third-order valence-electron chi connectivity index (χ3n) is 2.45. The zero-order valence-electron chi connectivity index (χ0n) is 9.99. The van der Waals surface area contributed by atoms with E-state index in [9.17, 15) is 10.1 Å². The Hall–Kier alpha value is -1.43. The fourth-order valence-corrected chi connectivity index (χ4v) is 1.66. The number of rotatable bonds is 6. The van der Waals surface area contributed by atoms with Crippen molar-refractivity contribution in [3.63, 3.8) is 0 Å². The van der Waals surface area contributed by atoms with Gasteiger partial charge >= 0.3 is 5.69 Å². The van der Waals surface area contributed by atoms with E-state index < -0.39 is 0 Å². The van der Waals surface area contributed by atoms with Gasteiger partial charge in [-0.25, -0.2) is 0 Å². The molecule has 1 N–H and O–H groups in total. The maximum absolute atomic E-state index is 10.8. The van der Waals surface area contributed by atoms with Crippen molar-refractivity contribution in [3.05, 3.63) is 21.5 Å². The molecule has 0 bridgehead atoms. The van der Waals surface area contributed by atoms with E-state index in [1.54, 1.807) is 18.5 Å². The van der Waals surface area contributed by atoms with E-state index in [1.165, 1.54) is 0 Å². The van der Waals surface area contributed by atoms with Gasteiger partial charge in [-0.15, -0.1) is 0 Å². The summed E-state index contributed by atoms with van der Waals surface area (Å²) >= 11 is 0. The summed E-state index contributed by atoms with van der Waals surface area (Å²) in [5.41, 5.74) is 1.24. The van der Waals surface area contributed by atoms with Crippen LogP contribution in [0.1, 0.15) is 24.7 Å². The van der Waals surface area contributed by atoms with Gasteiger partial charge in [-0.05, 0) is 26.8 Å². The summed E-state index contributed by atoms with van der Waals surface area (Å²) < 4.78 is 1.69. The van der Waals surface area contributed by atoms with Crippen LogP contribution in [0, 0.1) is 24.0 Å². The van der Waals surface area contributed by atoms with Gasteiger partial charge in [-0.2, -0.15) is 5.10 Å². The lowest BCUT2D eigenvalue weighted by Crippen LogP contribution is -2.21. The maximum atomic E-state index is 10.8. The van der Waals surface area contributed by atoms with E-state index >= 15 is 0 Å². The quantitative estimate of drug-likeness (QED) is 0.452. The molecule has 1 heterocycles. The van der Waals surface area contributed by atoms with Crippen molar-refractivity contribution in [3.8, 4) is 0 Å². The molecule has 0 aliphatic heterocycles. The highest BCUT2D eigenvalue weighted by molar-refractivity contribution is 5.39. The highest BCUT2D eigenvalue weighted by Gasteiger charge is 2.21. The number of aromatic nitrogens is 2. The van der Waals surface area contributed by atoms with Crippen LogP contribution in [0.3, 0.4) is 0 Å². The molecule has 0 saturated carbocycles. The minimum absolute atomic E-state index is 0.135. The molecule has 0 radical (unpaired) electrons. The summed E-state index contributed by atoms with van der Waals surface area (Å²) in [5.74, 6) is 0. The predicted octanol–water partition coefficient (Wildman–Crippen LogP) is 1.41. The highest BCUT2D eigenvalue weighted by atomic mass is 16.6. The number of hydrogen-bond acceptors (Lipinski definition) is 4. The maximum Gasteiger partial charge on any atom is 0.312 e. The molecule has 90 valence electrons. The van der Waals surface area contributed by atoms with E-state index in [0.717, 1.165) is 19.5 Å². The molecule has 1 aromatic rings. The third kappa shape index (κ3) is 2.79. The number of nitrogens with zero attached hydrogens (tertiary/aromatic N) is 3. The van der Waals surface area contributed by atoms with E-state index in [0.29, 0.717) is 17.9 Å². The van der Waals surface area contributed by atoms with Crippen molar-refractivity contribution in [2.45, 2.75) is 33.7 Å². The Morgan fingerprint density at radius 1 is 1.44 bits per heavy atom. The van der Waals surface area contributed by atoms with Crippen molar-refractivity contribution >= 4 is 5.69 Å². The second-order valence-electron chi connectivity index (χ2n) is 3.75. The molecule has 0 aliphatic carbocycles. The first-order valence-electron chi connectivity index (χ1n) is 5.47. The molecule has 0 aromatic carbocycles. The summed E-state index contributed by atoms with van der Waals surface area (Å²) in [4.78, 5) is 10.4. The van der Waals surface area contributed by atoms with Crippen LogP contribution < -0.4 is 5.32 Å². The standard InChI is InChI=1S/C10H18N4O2/c1-4-5-11-6-7-13-9(3)10(14(15)16)8(2)12-13/h11H,4-7H2,1-3H3. The number of nitro groups is 1. The average molecular weight is 226 g/mol. The average Bonchev–Trinajstić information content (AvgIpc) is 2.49. The molecule has 1 rings (SSSR count). The highest BCUT2D eigenvalue weighted by Crippen LogP contribution is 2.21. The zero-order chi connectivity index (χ0) is 12.1. The fourth-order valence-electron chi connectivity index (χ4n) is 1.66. The van der Waals surface area contributed by atoms with Crippen LogP contribution >= 0.6 is 0 Å². The molecule has 16 heavy (non-hydrogen) atoms. The number of hydrogen-bond donors (Lipinski definition) is 1. The van der Waals surface area contributed by atoms with Gasteiger partial charge in [0.25, 0.3) is 0 Å². The Kier molecular flexibility index (Phi) is 4.42. The van der Waals surface area contributed by atoms with Crippen LogP contribution in [0.15, 0.2) is 0 Å².